The molecule has 0 heterocycles. The summed E-state index contributed by atoms with van der Waals surface area (Å²) in [5.41, 5.74) is 0. The Labute approximate surface area is 155 Å². The van der Waals surface area contributed by atoms with Gasteiger partial charge in [-0.3, -0.25) is 0 Å². The van der Waals surface area contributed by atoms with Crippen LogP contribution in [-0.4, -0.2) is 142 Å². The predicted molar refractivity (Wildman–Crippen MR) is 49.2 cm³/mol. The minimum atomic E-state index is -2.33. The van der Waals surface area contributed by atoms with E-state index in [-0.39, 0.29) is 136 Å². The van der Waals surface area contributed by atoms with Gasteiger partial charge >= 0.3 is 86.5 Å². The van der Waals surface area contributed by atoms with Crippen molar-refractivity contribution in [3.63, 3.8) is 0 Å². The summed E-state index contributed by atoms with van der Waals surface area (Å²) in [4.78, 5) is 8.33. The first kappa shape index (κ1) is 262. The van der Waals surface area contributed by atoms with Crippen molar-refractivity contribution in [2.45, 2.75) is 0 Å². The number of hydrogen-bond donors (Lipinski definition) is 0. The summed E-state index contributed by atoms with van der Waals surface area (Å²) in [6, 6.07) is 0. The van der Waals surface area contributed by atoms with Crippen molar-refractivity contribution < 1.29 is 64.3 Å². The first-order valence-electron chi connectivity index (χ1n) is 0.612. The molecule has 96 valence electrons. The fourth-order valence-electron chi connectivity index (χ4n) is 0. The molecule has 0 saturated carbocycles. The van der Waals surface area contributed by atoms with Crippen LogP contribution in [0.5, 0.6) is 0 Å². The monoisotopic (exact) mass is 314 g/mol. The molecule has 0 saturated heterocycles. The van der Waals surface area contributed by atoms with Crippen LogP contribution in [0, 0.1) is 0 Å². The molecular formula is CH11AlMg3O12. The maximum Gasteiger partial charge on any atom is 3.00 e. The minimum Gasteiger partial charge on any atom is -0.870 e. The molecule has 0 amide bonds. The molecule has 0 bridgehead atoms. The Balaban J connectivity index is -0.000000000577. The smallest absolute Gasteiger partial charge is 0.870 e. The maximum atomic E-state index is 8.33. The summed E-state index contributed by atoms with van der Waals surface area (Å²) in [5.74, 6) is 0. The quantitative estimate of drug-likeness (QED) is 0.379. The zero-order valence-electron chi connectivity index (χ0n) is 8.55. The average molecular weight is 315 g/mol. The Kier molecular flexibility index (Phi) is 3410. The van der Waals surface area contributed by atoms with Crippen molar-refractivity contribution in [3.05, 3.63) is 0 Å². The van der Waals surface area contributed by atoms with Crippen molar-refractivity contribution in [3.8, 4) is 0 Å². The average Bonchev–Trinajstić information content (AvgIpc) is 0.811. The fraction of sp³-hybridized carbons (Fsp3) is 0. The third-order valence-corrected chi connectivity index (χ3v) is 0. The van der Waals surface area contributed by atoms with E-state index in [1.807, 2.05) is 0 Å². The molecule has 0 aromatic carbocycles. The van der Waals surface area contributed by atoms with E-state index in [0.717, 1.165) is 0 Å². The van der Waals surface area contributed by atoms with Crippen molar-refractivity contribution in [2.24, 2.45) is 0 Å². The third kappa shape index (κ3) is 1450. The maximum absolute atomic E-state index is 8.33. The Morgan fingerprint density at radius 1 is 0.588 bits per heavy atom. The van der Waals surface area contributed by atoms with Crippen LogP contribution in [0.15, 0.2) is 0 Å². The topological polar surface area (TPSA) is 336 Å². The number of rotatable bonds is 0. The second-order valence-corrected chi connectivity index (χ2v) is 0.250. The molecule has 0 radical (unpaired) electrons. The zero-order chi connectivity index (χ0) is 3.58. The van der Waals surface area contributed by atoms with Crippen LogP contribution in [0.2, 0.25) is 0 Å². The summed E-state index contributed by atoms with van der Waals surface area (Å²) in [7, 11) is 0. The molecule has 0 aromatic heterocycles. The van der Waals surface area contributed by atoms with Gasteiger partial charge in [-0.25, -0.2) is 0 Å². The molecule has 0 spiro atoms. The first-order chi connectivity index (χ1) is 1.73. The third-order valence-electron chi connectivity index (χ3n) is 0. The van der Waals surface area contributed by atoms with E-state index in [4.69, 9.17) is 15.0 Å². The van der Waals surface area contributed by atoms with Gasteiger partial charge in [0.1, 0.15) is 0 Å². The van der Waals surface area contributed by atoms with E-state index >= 15 is 0 Å². The van der Waals surface area contributed by atoms with Gasteiger partial charge in [0.15, 0.2) is 0 Å². The van der Waals surface area contributed by atoms with E-state index in [1.54, 1.807) is 0 Å². The van der Waals surface area contributed by atoms with Gasteiger partial charge in [-0.2, -0.15) is 0 Å². The van der Waals surface area contributed by atoms with Gasteiger partial charge in [-0.15, -0.1) is 0 Å². The Bertz CT molecular complexity index is 44.7. The second kappa shape index (κ2) is 221. The van der Waals surface area contributed by atoms with Crippen LogP contribution in [-0.2, 0) is 0 Å². The number of carbonyl (C=O) groups is 1. The van der Waals surface area contributed by atoms with Gasteiger partial charge in [0.25, 0.3) is 0 Å². The molecular weight excluding hydrogens is 304 g/mol. The van der Waals surface area contributed by atoms with Gasteiger partial charge in [0.05, 0.1) is 0 Å². The molecule has 0 aromatic rings. The van der Waals surface area contributed by atoms with E-state index in [2.05, 4.69) is 0 Å². The molecule has 0 unspecified atom stereocenters. The SMILES string of the molecule is O.O.O=C([O-])[O-].[Al+3].[Mg+2].[Mg+2].[Mg+2].[OH-].[OH-].[OH-].[OH-].[OH-].[OH-].[OH-]. The zero-order valence-corrected chi connectivity index (χ0v) is 14.0. The molecule has 0 aliphatic heterocycles. The normalized spacial score (nSPS) is 1.41. The molecule has 0 aliphatic rings. The summed E-state index contributed by atoms with van der Waals surface area (Å²) >= 11 is 0. The molecule has 0 aliphatic carbocycles. The van der Waals surface area contributed by atoms with Crippen LogP contribution < -0.4 is 10.2 Å². The molecule has 0 rings (SSSR count). The van der Waals surface area contributed by atoms with Crippen LogP contribution in [0.1, 0.15) is 0 Å². The van der Waals surface area contributed by atoms with E-state index in [0.29, 0.717) is 0 Å². The van der Waals surface area contributed by atoms with Crippen molar-refractivity contribution in [2.75, 3.05) is 0 Å². The molecule has 12 nitrogen and oxygen atoms in total. The first-order valence-corrected chi connectivity index (χ1v) is 0.612. The van der Waals surface area contributed by atoms with Gasteiger partial charge in [-0.05, 0) is 6.16 Å². The molecule has 16 heteroatoms. The van der Waals surface area contributed by atoms with Gasteiger partial charge in [-0.1, -0.05) is 0 Å². The van der Waals surface area contributed by atoms with Crippen LogP contribution in [0.25, 0.3) is 0 Å². The molecule has 11 N–H and O–H groups in total. The number of carbonyl (C=O) groups excluding carboxylic acids is 1. The van der Waals surface area contributed by atoms with E-state index < -0.39 is 6.16 Å². The van der Waals surface area contributed by atoms with Crippen molar-refractivity contribution >= 4 is 92.7 Å². The molecule has 17 heavy (non-hydrogen) atoms. The van der Waals surface area contributed by atoms with E-state index in [9.17, 15) is 0 Å². The van der Waals surface area contributed by atoms with E-state index in [1.165, 1.54) is 0 Å². The predicted octanol–water partition coefficient (Wildman–Crippen LogP) is -6.86. The Morgan fingerprint density at radius 3 is 0.588 bits per heavy atom. The Hall–Kier alpha value is 1.74. The second-order valence-electron chi connectivity index (χ2n) is 0.250. The van der Waals surface area contributed by atoms with Crippen LogP contribution in [0.4, 0.5) is 4.79 Å². The van der Waals surface area contributed by atoms with Crippen molar-refractivity contribution in [1.82, 2.24) is 0 Å². The van der Waals surface area contributed by atoms with Gasteiger partial charge < -0.3 is 64.3 Å². The van der Waals surface area contributed by atoms with Gasteiger partial charge in [0.2, 0.25) is 0 Å². The molecule has 0 fully saturated rings. The summed E-state index contributed by atoms with van der Waals surface area (Å²) in [6.07, 6.45) is -2.33. The number of hydrogen-bond acceptors (Lipinski definition) is 10. The Morgan fingerprint density at radius 2 is 0.588 bits per heavy atom. The minimum absolute atomic E-state index is 0. The summed E-state index contributed by atoms with van der Waals surface area (Å²) < 4.78 is 0. The number of carboxylic acid groups (broad SMARTS) is 2. The van der Waals surface area contributed by atoms with Crippen LogP contribution >= 0.6 is 0 Å². The fourth-order valence-corrected chi connectivity index (χ4v) is 0. The van der Waals surface area contributed by atoms with Gasteiger partial charge in [0, 0.05) is 0 Å². The van der Waals surface area contributed by atoms with Crippen LogP contribution in [0.3, 0.4) is 0 Å². The summed E-state index contributed by atoms with van der Waals surface area (Å²) in [6.45, 7) is 0. The largest absolute Gasteiger partial charge is 3.00 e. The standard InChI is InChI=1S/CH2O3.Al.3Mg.9H2O/c2-1(3)4;;;;;;;;;;;;;/h(H2,2,3,4);;;;;9*1H2/q;+3;3*+2;;;;;;;;;/p-9. The molecule has 0 atom stereocenters. The summed E-state index contributed by atoms with van der Waals surface area (Å²) in [5, 5.41) is 16.7. The van der Waals surface area contributed by atoms with Crippen molar-refractivity contribution in [1.29, 1.82) is 0 Å².